The summed E-state index contributed by atoms with van der Waals surface area (Å²) in [5, 5.41) is 10.7. The number of halogens is 3. The summed E-state index contributed by atoms with van der Waals surface area (Å²) in [6.45, 7) is 0. The number of ether oxygens (including phenoxy) is 1. The SMILES string of the molecule is COc1cc(-c2nc(C(N)=O)c3c(n2)N(c2ccc(Cl)c(Cl)c2)C(=O)C3)cc(Br)c1O. The number of aromatic nitrogens is 2. The fourth-order valence-electron chi connectivity index (χ4n) is 3.25. The van der Waals surface area contributed by atoms with Gasteiger partial charge in [0.25, 0.3) is 5.91 Å². The second-order valence-corrected chi connectivity index (χ2v) is 8.24. The molecule has 31 heavy (non-hydrogen) atoms. The lowest BCUT2D eigenvalue weighted by Gasteiger charge is -2.18. The number of methoxy groups -OCH3 is 1. The first kappa shape index (κ1) is 21.4. The molecule has 2 heterocycles. The molecule has 0 bridgehead atoms. The molecule has 4 rings (SSSR count). The van der Waals surface area contributed by atoms with Crippen LogP contribution in [0.1, 0.15) is 16.1 Å². The maximum atomic E-state index is 12.8. The van der Waals surface area contributed by atoms with Crippen molar-refractivity contribution in [2.45, 2.75) is 6.42 Å². The van der Waals surface area contributed by atoms with E-state index in [1.807, 2.05) is 0 Å². The molecule has 0 fully saturated rings. The van der Waals surface area contributed by atoms with Gasteiger partial charge in [-0.2, -0.15) is 0 Å². The number of amides is 2. The highest BCUT2D eigenvalue weighted by molar-refractivity contribution is 9.10. The van der Waals surface area contributed by atoms with E-state index in [9.17, 15) is 14.7 Å². The largest absolute Gasteiger partial charge is 0.503 e. The standard InChI is InChI=1S/C20H13BrCl2N4O4/c1-31-14-5-8(4-11(21)17(14)29)19-25-16(18(24)30)10-7-15(28)27(20(10)26-19)9-2-3-12(22)13(23)6-9/h2-6,29H,7H2,1H3,(H2,24,30). The first-order chi connectivity index (χ1) is 14.7. The van der Waals surface area contributed by atoms with Gasteiger partial charge in [0.2, 0.25) is 5.91 Å². The molecule has 0 atom stereocenters. The summed E-state index contributed by atoms with van der Waals surface area (Å²) < 4.78 is 5.51. The van der Waals surface area contributed by atoms with Crippen molar-refractivity contribution in [3.05, 3.63) is 56.1 Å². The third-order valence-corrected chi connectivity index (χ3v) is 6.02. The number of anilines is 2. The van der Waals surface area contributed by atoms with Crippen molar-refractivity contribution in [1.82, 2.24) is 9.97 Å². The van der Waals surface area contributed by atoms with Crippen LogP contribution in [0.3, 0.4) is 0 Å². The van der Waals surface area contributed by atoms with E-state index in [0.717, 1.165) is 0 Å². The van der Waals surface area contributed by atoms with Crippen LogP contribution in [0.15, 0.2) is 34.8 Å². The molecule has 1 aliphatic rings. The maximum Gasteiger partial charge on any atom is 0.267 e. The fourth-order valence-corrected chi connectivity index (χ4v) is 3.98. The Morgan fingerprint density at radius 2 is 1.97 bits per heavy atom. The third kappa shape index (κ3) is 3.69. The number of primary amides is 1. The number of hydrogen-bond donors (Lipinski definition) is 2. The summed E-state index contributed by atoms with van der Waals surface area (Å²) >= 11 is 15.4. The van der Waals surface area contributed by atoms with Gasteiger partial charge in [-0.1, -0.05) is 23.2 Å². The number of carbonyl (C=O) groups is 2. The van der Waals surface area contributed by atoms with Gasteiger partial charge in [-0.15, -0.1) is 0 Å². The number of fused-ring (bicyclic) bond motifs is 1. The molecule has 0 unspecified atom stereocenters. The molecule has 8 nitrogen and oxygen atoms in total. The minimum Gasteiger partial charge on any atom is -0.503 e. The van der Waals surface area contributed by atoms with E-state index in [1.54, 1.807) is 18.2 Å². The van der Waals surface area contributed by atoms with E-state index in [2.05, 4.69) is 25.9 Å². The Bertz CT molecular complexity index is 1270. The van der Waals surface area contributed by atoms with Crippen LogP contribution in [0, 0.1) is 0 Å². The van der Waals surface area contributed by atoms with Crippen LogP contribution in [-0.2, 0) is 11.2 Å². The highest BCUT2D eigenvalue weighted by Crippen LogP contribution is 2.41. The Morgan fingerprint density at radius 1 is 1.23 bits per heavy atom. The quantitative estimate of drug-likeness (QED) is 0.527. The lowest BCUT2D eigenvalue weighted by atomic mass is 10.1. The van der Waals surface area contributed by atoms with Crippen molar-refractivity contribution < 1.29 is 19.4 Å². The first-order valence-corrected chi connectivity index (χ1v) is 10.3. The molecular formula is C20H13BrCl2N4O4. The van der Waals surface area contributed by atoms with Gasteiger partial charge < -0.3 is 15.6 Å². The molecule has 0 saturated heterocycles. The number of aromatic hydroxyl groups is 1. The molecule has 0 radical (unpaired) electrons. The molecule has 11 heteroatoms. The molecule has 158 valence electrons. The van der Waals surface area contributed by atoms with Crippen LogP contribution < -0.4 is 15.4 Å². The molecular weight excluding hydrogens is 511 g/mol. The van der Waals surface area contributed by atoms with Gasteiger partial charge >= 0.3 is 0 Å². The summed E-state index contributed by atoms with van der Waals surface area (Å²) in [6.07, 6.45) is -0.100. The number of benzene rings is 2. The Labute approximate surface area is 194 Å². The van der Waals surface area contributed by atoms with Gasteiger partial charge in [0.1, 0.15) is 11.5 Å². The lowest BCUT2D eigenvalue weighted by molar-refractivity contribution is -0.116. The second kappa shape index (κ2) is 7.99. The van der Waals surface area contributed by atoms with E-state index in [1.165, 1.54) is 24.1 Å². The van der Waals surface area contributed by atoms with Crippen molar-refractivity contribution in [3.63, 3.8) is 0 Å². The van der Waals surface area contributed by atoms with E-state index >= 15 is 0 Å². The molecule has 0 spiro atoms. The average Bonchev–Trinajstić information content (AvgIpc) is 3.06. The summed E-state index contributed by atoms with van der Waals surface area (Å²) in [4.78, 5) is 35.1. The van der Waals surface area contributed by atoms with Crippen LogP contribution in [0.4, 0.5) is 11.5 Å². The van der Waals surface area contributed by atoms with Crippen molar-refractivity contribution in [2.24, 2.45) is 5.73 Å². The lowest BCUT2D eigenvalue weighted by Crippen LogP contribution is -2.21. The van der Waals surface area contributed by atoms with Crippen LogP contribution in [0.2, 0.25) is 10.0 Å². The zero-order chi connectivity index (χ0) is 22.4. The number of phenols is 1. The Morgan fingerprint density at radius 3 is 2.61 bits per heavy atom. The monoisotopic (exact) mass is 522 g/mol. The predicted molar refractivity (Wildman–Crippen MR) is 119 cm³/mol. The Balaban J connectivity index is 1.94. The van der Waals surface area contributed by atoms with E-state index in [0.29, 0.717) is 26.3 Å². The molecule has 2 amide bonds. The van der Waals surface area contributed by atoms with Gasteiger partial charge in [-0.05, 0) is 46.3 Å². The van der Waals surface area contributed by atoms with Gasteiger partial charge in [-0.25, -0.2) is 9.97 Å². The summed E-state index contributed by atoms with van der Waals surface area (Å²) in [7, 11) is 1.40. The minimum absolute atomic E-state index is 0.0703. The van der Waals surface area contributed by atoms with Crippen LogP contribution >= 0.6 is 39.1 Å². The average molecular weight is 524 g/mol. The number of carbonyl (C=O) groups excluding carboxylic acids is 2. The summed E-state index contributed by atoms with van der Waals surface area (Å²) in [6, 6.07) is 7.77. The van der Waals surface area contributed by atoms with Crippen LogP contribution in [0.5, 0.6) is 11.5 Å². The fraction of sp³-hybridized carbons (Fsp3) is 0.100. The number of phenolic OH excluding ortho intramolecular Hbond substituents is 1. The van der Waals surface area contributed by atoms with Crippen molar-refractivity contribution in [2.75, 3.05) is 12.0 Å². The Kier molecular flexibility index (Phi) is 5.50. The van der Waals surface area contributed by atoms with Gasteiger partial charge in [-0.3, -0.25) is 14.5 Å². The number of hydrogen-bond acceptors (Lipinski definition) is 6. The third-order valence-electron chi connectivity index (χ3n) is 4.68. The molecule has 1 aliphatic heterocycles. The topological polar surface area (TPSA) is 119 Å². The van der Waals surface area contributed by atoms with E-state index in [-0.39, 0.29) is 46.2 Å². The molecule has 1 aromatic heterocycles. The van der Waals surface area contributed by atoms with E-state index < -0.39 is 5.91 Å². The van der Waals surface area contributed by atoms with Crippen molar-refractivity contribution in [3.8, 4) is 22.9 Å². The molecule has 0 aliphatic carbocycles. The predicted octanol–water partition coefficient (Wildman–Crippen LogP) is 4.25. The molecule has 2 aromatic carbocycles. The summed E-state index contributed by atoms with van der Waals surface area (Å²) in [5.41, 5.74) is 6.66. The van der Waals surface area contributed by atoms with Crippen molar-refractivity contribution >= 4 is 62.5 Å². The normalized spacial score (nSPS) is 12.8. The van der Waals surface area contributed by atoms with Crippen molar-refractivity contribution in [1.29, 1.82) is 0 Å². The number of rotatable bonds is 4. The first-order valence-electron chi connectivity index (χ1n) is 8.76. The Hall–Kier alpha value is -2.88. The highest BCUT2D eigenvalue weighted by atomic mass is 79.9. The van der Waals surface area contributed by atoms with Crippen LogP contribution in [0.25, 0.3) is 11.4 Å². The minimum atomic E-state index is -0.798. The number of nitrogens with zero attached hydrogens (tertiary/aromatic N) is 3. The summed E-state index contributed by atoms with van der Waals surface area (Å²) in [5.74, 6) is -0.723. The maximum absolute atomic E-state index is 12.8. The van der Waals surface area contributed by atoms with Gasteiger partial charge in [0, 0.05) is 11.1 Å². The zero-order valence-corrected chi connectivity index (χ0v) is 18.9. The molecule has 3 N–H and O–H groups in total. The molecule has 0 saturated carbocycles. The zero-order valence-electron chi connectivity index (χ0n) is 15.8. The van der Waals surface area contributed by atoms with Gasteiger partial charge in [0.15, 0.2) is 17.3 Å². The van der Waals surface area contributed by atoms with Crippen LogP contribution in [-0.4, -0.2) is 34.0 Å². The molecule has 3 aromatic rings. The van der Waals surface area contributed by atoms with E-state index in [4.69, 9.17) is 33.7 Å². The second-order valence-electron chi connectivity index (χ2n) is 6.58. The highest BCUT2D eigenvalue weighted by Gasteiger charge is 2.35. The smallest absolute Gasteiger partial charge is 0.267 e. The number of nitrogens with two attached hydrogens (primary N) is 1. The van der Waals surface area contributed by atoms with Gasteiger partial charge in [0.05, 0.1) is 33.7 Å².